The molecule has 0 saturated heterocycles. The lowest BCUT2D eigenvalue weighted by Crippen LogP contribution is -2.34. The molecule has 0 spiro atoms. The zero-order valence-electron chi connectivity index (χ0n) is 11.3. The minimum absolute atomic E-state index is 0.0985. The molecule has 1 aromatic carbocycles. The lowest BCUT2D eigenvalue weighted by molar-refractivity contribution is -0.118. The molecule has 106 valence electrons. The fourth-order valence-corrected chi connectivity index (χ4v) is 2.84. The highest BCUT2D eigenvalue weighted by molar-refractivity contribution is 5.99. The number of hydrogen-bond donors (Lipinski definition) is 2. The van der Waals surface area contributed by atoms with Crippen LogP contribution in [0.1, 0.15) is 24.8 Å². The largest absolute Gasteiger partial charge is 0.488 e. The Morgan fingerprint density at radius 3 is 3.00 bits per heavy atom. The lowest BCUT2D eigenvalue weighted by atomic mass is 10.0. The van der Waals surface area contributed by atoms with E-state index in [1.165, 1.54) is 0 Å². The zero-order valence-corrected chi connectivity index (χ0v) is 11.3. The Morgan fingerprint density at radius 1 is 1.35 bits per heavy atom. The van der Waals surface area contributed by atoms with E-state index in [0.717, 1.165) is 30.6 Å². The Morgan fingerprint density at radius 2 is 2.20 bits per heavy atom. The first-order valence-electron chi connectivity index (χ1n) is 7.13. The van der Waals surface area contributed by atoms with Gasteiger partial charge in [0, 0.05) is 18.0 Å². The van der Waals surface area contributed by atoms with Crippen molar-refractivity contribution in [3.8, 4) is 5.75 Å². The Balaban J connectivity index is 1.62. The van der Waals surface area contributed by atoms with Gasteiger partial charge in [-0.05, 0) is 25.0 Å². The second kappa shape index (κ2) is 5.67. The van der Waals surface area contributed by atoms with Crippen molar-refractivity contribution in [2.24, 2.45) is 5.92 Å². The SMILES string of the molecule is O=C(NCC1CCCC1O)C1=Cc2ccccc2OC1. The summed E-state index contributed by atoms with van der Waals surface area (Å²) in [5, 5.41) is 12.7. The maximum atomic E-state index is 12.1. The molecule has 4 heteroatoms. The van der Waals surface area contributed by atoms with Crippen LogP contribution in [-0.4, -0.2) is 30.3 Å². The van der Waals surface area contributed by atoms with Gasteiger partial charge >= 0.3 is 0 Å². The number of carbonyl (C=O) groups excluding carboxylic acids is 1. The Kier molecular flexibility index (Phi) is 3.74. The number of amides is 1. The first kappa shape index (κ1) is 13.2. The van der Waals surface area contributed by atoms with Gasteiger partial charge in [0.1, 0.15) is 12.4 Å². The summed E-state index contributed by atoms with van der Waals surface area (Å²) >= 11 is 0. The first-order valence-corrected chi connectivity index (χ1v) is 7.13. The molecule has 1 heterocycles. The summed E-state index contributed by atoms with van der Waals surface area (Å²) < 4.78 is 5.57. The molecular formula is C16H19NO3. The summed E-state index contributed by atoms with van der Waals surface area (Å²) in [6.45, 7) is 0.842. The maximum Gasteiger partial charge on any atom is 0.250 e. The Bertz CT molecular complexity index is 538. The Hall–Kier alpha value is -1.81. The number of aliphatic hydroxyl groups excluding tert-OH is 1. The molecule has 0 bridgehead atoms. The second-order valence-corrected chi connectivity index (χ2v) is 5.46. The highest BCUT2D eigenvalue weighted by atomic mass is 16.5. The van der Waals surface area contributed by atoms with E-state index in [9.17, 15) is 9.90 Å². The van der Waals surface area contributed by atoms with Gasteiger partial charge in [-0.15, -0.1) is 0 Å². The molecular weight excluding hydrogens is 254 g/mol. The molecule has 1 amide bonds. The number of aliphatic hydroxyl groups is 1. The van der Waals surface area contributed by atoms with Crippen LogP contribution in [0, 0.1) is 5.92 Å². The number of carbonyl (C=O) groups is 1. The quantitative estimate of drug-likeness (QED) is 0.882. The van der Waals surface area contributed by atoms with Crippen LogP contribution in [0.25, 0.3) is 6.08 Å². The molecule has 1 saturated carbocycles. The summed E-state index contributed by atoms with van der Waals surface area (Å²) in [5.41, 5.74) is 1.57. The molecule has 1 aliphatic carbocycles. The van der Waals surface area contributed by atoms with Crippen molar-refractivity contribution in [2.45, 2.75) is 25.4 Å². The van der Waals surface area contributed by atoms with Crippen LogP contribution in [0.5, 0.6) is 5.75 Å². The van der Waals surface area contributed by atoms with E-state index < -0.39 is 0 Å². The van der Waals surface area contributed by atoms with Crippen molar-refractivity contribution in [2.75, 3.05) is 13.2 Å². The fraction of sp³-hybridized carbons (Fsp3) is 0.438. The third-order valence-electron chi connectivity index (χ3n) is 4.07. The predicted octanol–water partition coefficient (Wildman–Crippen LogP) is 1.74. The van der Waals surface area contributed by atoms with Gasteiger partial charge < -0.3 is 15.2 Å². The zero-order chi connectivity index (χ0) is 13.9. The van der Waals surface area contributed by atoms with Gasteiger partial charge in [-0.3, -0.25) is 4.79 Å². The minimum atomic E-state index is -0.271. The smallest absolute Gasteiger partial charge is 0.250 e. The number of benzene rings is 1. The van der Waals surface area contributed by atoms with E-state index in [2.05, 4.69) is 5.32 Å². The molecule has 1 fully saturated rings. The van der Waals surface area contributed by atoms with Crippen LogP contribution in [0.15, 0.2) is 29.8 Å². The van der Waals surface area contributed by atoms with E-state index in [4.69, 9.17) is 4.74 Å². The van der Waals surface area contributed by atoms with Gasteiger partial charge in [-0.1, -0.05) is 24.6 Å². The van der Waals surface area contributed by atoms with E-state index in [1.807, 2.05) is 30.3 Å². The predicted molar refractivity (Wildman–Crippen MR) is 76.3 cm³/mol. The van der Waals surface area contributed by atoms with E-state index in [-0.39, 0.29) is 17.9 Å². The number of hydrogen-bond acceptors (Lipinski definition) is 3. The Labute approximate surface area is 118 Å². The molecule has 1 aromatic rings. The molecule has 3 rings (SSSR count). The highest BCUT2D eigenvalue weighted by Crippen LogP contribution is 2.27. The van der Waals surface area contributed by atoms with E-state index in [0.29, 0.717) is 18.7 Å². The van der Waals surface area contributed by atoms with Crippen molar-refractivity contribution < 1.29 is 14.6 Å². The first-order chi connectivity index (χ1) is 9.74. The lowest BCUT2D eigenvalue weighted by Gasteiger charge is -2.19. The van der Waals surface area contributed by atoms with Crippen LogP contribution in [0.2, 0.25) is 0 Å². The van der Waals surface area contributed by atoms with E-state index in [1.54, 1.807) is 0 Å². The molecule has 2 unspecified atom stereocenters. The third-order valence-corrected chi connectivity index (χ3v) is 4.07. The van der Waals surface area contributed by atoms with Crippen LogP contribution in [0.4, 0.5) is 0 Å². The average Bonchev–Trinajstić information content (AvgIpc) is 2.89. The summed E-state index contributed by atoms with van der Waals surface area (Å²) in [6, 6.07) is 7.67. The van der Waals surface area contributed by atoms with Gasteiger partial charge in [-0.2, -0.15) is 0 Å². The van der Waals surface area contributed by atoms with Crippen molar-refractivity contribution in [3.05, 3.63) is 35.4 Å². The summed E-state index contributed by atoms with van der Waals surface area (Å²) in [7, 11) is 0. The molecule has 4 nitrogen and oxygen atoms in total. The second-order valence-electron chi connectivity index (χ2n) is 5.46. The molecule has 2 N–H and O–H groups in total. The third kappa shape index (κ3) is 2.70. The normalized spacial score (nSPS) is 24.6. The number of rotatable bonds is 3. The number of para-hydroxylation sites is 1. The standard InChI is InChI=1S/C16H19NO3/c18-14-6-3-5-12(14)9-17-16(19)13-8-11-4-1-2-7-15(11)20-10-13/h1-2,4,7-8,12,14,18H,3,5-6,9-10H2,(H,17,19). The van der Waals surface area contributed by atoms with Crippen molar-refractivity contribution in [1.29, 1.82) is 0 Å². The average molecular weight is 273 g/mol. The summed E-state index contributed by atoms with van der Waals surface area (Å²) in [5.74, 6) is 0.908. The molecule has 1 aliphatic heterocycles. The maximum absolute atomic E-state index is 12.1. The molecule has 0 aromatic heterocycles. The van der Waals surface area contributed by atoms with E-state index >= 15 is 0 Å². The van der Waals surface area contributed by atoms with Crippen molar-refractivity contribution in [1.82, 2.24) is 5.32 Å². The van der Waals surface area contributed by atoms with Gasteiger partial charge in [-0.25, -0.2) is 0 Å². The van der Waals surface area contributed by atoms with Crippen molar-refractivity contribution >= 4 is 12.0 Å². The molecule has 20 heavy (non-hydrogen) atoms. The van der Waals surface area contributed by atoms with Crippen LogP contribution in [-0.2, 0) is 4.79 Å². The number of fused-ring (bicyclic) bond motifs is 1. The minimum Gasteiger partial charge on any atom is -0.488 e. The monoisotopic (exact) mass is 273 g/mol. The van der Waals surface area contributed by atoms with Crippen LogP contribution in [0.3, 0.4) is 0 Å². The highest BCUT2D eigenvalue weighted by Gasteiger charge is 2.26. The topological polar surface area (TPSA) is 58.6 Å². The van der Waals surface area contributed by atoms with Gasteiger partial charge in [0.25, 0.3) is 5.91 Å². The van der Waals surface area contributed by atoms with Crippen LogP contribution < -0.4 is 10.1 Å². The van der Waals surface area contributed by atoms with Crippen LogP contribution >= 0.6 is 0 Å². The number of nitrogens with one attached hydrogen (secondary N) is 1. The van der Waals surface area contributed by atoms with Crippen molar-refractivity contribution in [3.63, 3.8) is 0 Å². The van der Waals surface area contributed by atoms with Gasteiger partial charge in [0.2, 0.25) is 0 Å². The summed E-state index contributed by atoms with van der Waals surface area (Å²) in [6.07, 6.45) is 4.48. The molecule has 2 aliphatic rings. The van der Waals surface area contributed by atoms with Gasteiger partial charge in [0.05, 0.1) is 11.7 Å². The molecule has 2 atom stereocenters. The molecule has 0 radical (unpaired) electrons. The van der Waals surface area contributed by atoms with Gasteiger partial charge in [0.15, 0.2) is 0 Å². The fourth-order valence-electron chi connectivity index (χ4n) is 2.84. The summed E-state index contributed by atoms with van der Waals surface area (Å²) in [4.78, 5) is 12.1. The number of ether oxygens (including phenoxy) is 1.